The molecule has 0 amide bonds. The summed E-state index contributed by atoms with van der Waals surface area (Å²) in [6, 6.07) is 26.6. The molecule has 0 unspecified atom stereocenters. The Balaban J connectivity index is 1.45. The maximum absolute atomic E-state index is 6.77. The van der Waals surface area contributed by atoms with Crippen molar-refractivity contribution in [3.63, 3.8) is 0 Å². The van der Waals surface area contributed by atoms with Crippen LogP contribution in [0.15, 0.2) is 78.9 Å². The molecule has 1 aromatic heterocycles. The topological polar surface area (TPSA) is 22.1 Å². The highest BCUT2D eigenvalue weighted by molar-refractivity contribution is 6.31. The second-order valence-electron chi connectivity index (χ2n) is 7.78. The molecule has 0 aliphatic rings. The number of ether oxygens (including phenoxy) is 1. The fraction of sp³-hybridized carbons (Fsp3) is 0.179. The highest BCUT2D eigenvalue weighted by Gasteiger charge is 2.10. The summed E-state index contributed by atoms with van der Waals surface area (Å²) in [4.78, 5) is 4.69. The molecule has 0 saturated heterocycles. The van der Waals surface area contributed by atoms with E-state index in [1.807, 2.05) is 36.4 Å². The van der Waals surface area contributed by atoms with Crippen molar-refractivity contribution in [1.29, 1.82) is 0 Å². The molecule has 0 radical (unpaired) electrons. The maximum atomic E-state index is 6.77. The van der Waals surface area contributed by atoms with Crippen LogP contribution in [0.2, 0.25) is 5.02 Å². The second kappa shape index (κ2) is 10.8. The zero-order chi connectivity index (χ0) is 22.3. The van der Waals surface area contributed by atoms with Gasteiger partial charge in [0.2, 0.25) is 0 Å². The number of rotatable bonds is 8. The van der Waals surface area contributed by atoms with E-state index in [0.29, 0.717) is 11.6 Å². The van der Waals surface area contributed by atoms with E-state index in [1.54, 1.807) is 7.11 Å². The van der Waals surface area contributed by atoms with Gasteiger partial charge in [-0.25, -0.2) is 4.98 Å². The zero-order valence-electron chi connectivity index (χ0n) is 18.0. The van der Waals surface area contributed by atoms with E-state index in [-0.39, 0.29) is 5.38 Å². The standard InChI is InChI=1S/C28H25Cl2NO/c1-32-19-24-7-3-2-6-21(24)12-16-27(30)23-8-4-5-20(17-23)9-14-26-15-11-22-10-13-25(29)18-28(22)31-26/h2-11,13-15,17-18,27H,12,16,19H2,1H3/b14-9+/t27-/m0/s1. The molecule has 1 heterocycles. The van der Waals surface area contributed by atoms with Crippen molar-refractivity contribution in [1.82, 2.24) is 4.98 Å². The normalized spacial score (nSPS) is 12.5. The summed E-state index contributed by atoms with van der Waals surface area (Å²) < 4.78 is 5.32. The first kappa shape index (κ1) is 22.5. The fourth-order valence-corrected chi connectivity index (χ4v) is 4.20. The van der Waals surface area contributed by atoms with Gasteiger partial charge in [0.1, 0.15) is 0 Å². The third-order valence-corrected chi connectivity index (χ3v) is 6.19. The van der Waals surface area contributed by atoms with Gasteiger partial charge in [-0.2, -0.15) is 0 Å². The summed E-state index contributed by atoms with van der Waals surface area (Å²) in [5.41, 5.74) is 6.51. The van der Waals surface area contributed by atoms with E-state index in [4.69, 9.17) is 27.9 Å². The van der Waals surface area contributed by atoms with E-state index in [9.17, 15) is 0 Å². The van der Waals surface area contributed by atoms with Crippen molar-refractivity contribution in [3.05, 3.63) is 112 Å². The maximum Gasteiger partial charge on any atom is 0.0724 e. The van der Waals surface area contributed by atoms with Gasteiger partial charge in [-0.05, 0) is 59.4 Å². The summed E-state index contributed by atoms with van der Waals surface area (Å²) in [5, 5.41) is 1.71. The van der Waals surface area contributed by atoms with Crippen molar-refractivity contribution < 1.29 is 4.74 Å². The Hall–Kier alpha value is -2.65. The molecule has 0 spiro atoms. The molecule has 0 saturated carbocycles. The number of halogens is 2. The average molecular weight is 462 g/mol. The third kappa shape index (κ3) is 5.77. The monoisotopic (exact) mass is 461 g/mol. The molecule has 4 aromatic rings. The lowest BCUT2D eigenvalue weighted by molar-refractivity contribution is 0.184. The first-order valence-corrected chi connectivity index (χ1v) is 11.5. The van der Waals surface area contributed by atoms with Gasteiger partial charge >= 0.3 is 0 Å². The molecule has 0 N–H and O–H groups in total. The van der Waals surface area contributed by atoms with Crippen molar-refractivity contribution >= 4 is 46.3 Å². The minimum Gasteiger partial charge on any atom is -0.380 e. The number of hydrogen-bond acceptors (Lipinski definition) is 2. The van der Waals surface area contributed by atoms with Gasteiger partial charge in [0, 0.05) is 17.5 Å². The van der Waals surface area contributed by atoms with Gasteiger partial charge in [0.05, 0.1) is 23.2 Å². The average Bonchev–Trinajstić information content (AvgIpc) is 2.82. The summed E-state index contributed by atoms with van der Waals surface area (Å²) in [6.45, 7) is 0.623. The highest BCUT2D eigenvalue weighted by atomic mass is 35.5. The molecule has 0 fully saturated rings. The van der Waals surface area contributed by atoms with Crippen LogP contribution in [0.25, 0.3) is 23.1 Å². The lowest BCUT2D eigenvalue weighted by Crippen LogP contribution is -1.99. The second-order valence-corrected chi connectivity index (χ2v) is 8.75. The van der Waals surface area contributed by atoms with Crippen molar-refractivity contribution in [2.45, 2.75) is 24.8 Å². The van der Waals surface area contributed by atoms with Crippen molar-refractivity contribution in [2.75, 3.05) is 7.11 Å². The summed E-state index contributed by atoms with van der Waals surface area (Å²) >= 11 is 12.9. The minimum absolute atomic E-state index is 0.0557. The first-order valence-electron chi connectivity index (χ1n) is 10.7. The van der Waals surface area contributed by atoms with Gasteiger partial charge in [0.15, 0.2) is 0 Å². The molecule has 1 atom stereocenters. The van der Waals surface area contributed by atoms with Crippen LogP contribution in [0.3, 0.4) is 0 Å². The number of fused-ring (bicyclic) bond motifs is 1. The van der Waals surface area contributed by atoms with Crippen molar-refractivity contribution in [2.24, 2.45) is 0 Å². The molecular weight excluding hydrogens is 437 g/mol. The van der Waals surface area contributed by atoms with E-state index < -0.39 is 0 Å². The number of nitrogens with zero attached hydrogens (tertiary/aromatic N) is 1. The largest absolute Gasteiger partial charge is 0.380 e. The predicted molar refractivity (Wildman–Crippen MR) is 136 cm³/mol. The van der Waals surface area contributed by atoms with Gasteiger partial charge < -0.3 is 4.74 Å². The Labute approximate surface area is 199 Å². The molecule has 162 valence electrons. The van der Waals surface area contributed by atoms with Crippen LogP contribution in [0.1, 0.15) is 39.7 Å². The van der Waals surface area contributed by atoms with Gasteiger partial charge in [0.25, 0.3) is 0 Å². The van der Waals surface area contributed by atoms with E-state index >= 15 is 0 Å². The molecule has 0 bridgehead atoms. The molecule has 4 heteroatoms. The number of hydrogen-bond donors (Lipinski definition) is 0. The van der Waals surface area contributed by atoms with E-state index in [1.165, 1.54) is 11.1 Å². The van der Waals surface area contributed by atoms with Crippen LogP contribution in [0.5, 0.6) is 0 Å². The van der Waals surface area contributed by atoms with Crippen LogP contribution in [-0.4, -0.2) is 12.1 Å². The zero-order valence-corrected chi connectivity index (χ0v) is 19.5. The Bertz CT molecular complexity index is 1240. The van der Waals surface area contributed by atoms with Gasteiger partial charge in [-0.1, -0.05) is 78.3 Å². The Morgan fingerprint density at radius 1 is 0.906 bits per heavy atom. The predicted octanol–water partition coefficient (Wildman–Crippen LogP) is 8.12. The molecule has 0 aliphatic heterocycles. The molecule has 4 rings (SSSR count). The molecule has 2 nitrogen and oxygen atoms in total. The first-order chi connectivity index (χ1) is 15.6. The van der Waals surface area contributed by atoms with E-state index in [0.717, 1.165) is 40.6 Å². The van der Waals surface area contributed by atoms with Crippen LogP contribution in [0.4, 0.5) is 0 Å². The van der Waals surface area contributed by atoms with Crippen molar-refractivity contribution in [3.8, 4) is 0 Å². The summed E-state index contributed by atoms with van der Waals surface area (Å²) in [7, 11) is 1.72. The fourth-order valence-electron chi connectivity index (χ4n) is 3.78. The SMILES string of the molecule is COCc1ccccc1CC[C@H](Cl)c1cccc(/C=C/c2ccc3ccc(Cl)cc3n2)c1. The lowest BCUT2D eigenvalue weighted by atomic mass is 9.99. The Morgan fingerprint density at radius 2 is 1.72 bits per heavy atom. The molecule has 0 aliphatic carbocycles. The number of alkyl halides is 1. The van der Waals surface area contributed by atoms with Gasteiger partial charge in [-0.3, -0.25) is 0 Å². The quantitative estimate of drug-likeness (QED) is 0.247. The smallest absolute Gasteiger partial charge is 0.0724 e. The van der Waals surface area contributed by atoms with Crippen LogP contribution in [-0.2, 0) is 17.8 Å². The van der Waals surface area contributed by atoms with Crippen LogP contribution < -0.4 is 0 Å². The Morgan fingerprint density at radius 3 is 2.56 bits per heavy atom. The number of benzene rings is 3. The van der Waals surface area contributed by atoms with E-state index in [2.05, 4.69) is 59.6 Å². The molecule has 32 heavy (non-hydrogen) atoms. The number of aromatic nitrogens is 1. The number of aryl methyl sites for hydroxylation is 1. The molecule has 3 aromatic carbocycles. The summed E-state index contributed by atoms with van der Waals surface area (Å²) in [6.07, 6.45) is 5.86. The van der Waals surface area contributed by atoms with Gasteiger partial charge in [-0.15, -0.1) is 11.6 Å². The minimum atomic E-state index is -0.0557. The number of pyridine rings is 1. The summed E-state index contributed by atoms with van der Waals surface area (Å²) in [5.74, 6) is 0. The Kier molecular flexibility index (Phi) is 7.59. The van der Waals surface area contributed by atoms with Crippen LogP contribution >= 0.6 is 23.2 Å². The number of methoxy groups -OCH3 is 1. The van der Waals surface area contributed by atoms with Crippen LogP contribution in [0, 0.1) is 0 Å². The third-order valence-electron chi connectivity index (χ3n) is 5.48. The lowest BCUT2D eigenvalue weighted by Gasteiger charge is -2.13. The highest BCUT2D eigenvalue weighted by Crippen LogP contribution is 2.28. The molecular formula is C28H25Cl2NO.